The molecule has 14 heavy (non-hydrogen) atoms. The maximum Gasteiger partial charge on any atom is 0.136 e. The minimum atomic E-state index is 0.584. The van der Waals surface area contributed by atoms with Gasteiger partial charge < -0.3 is 4.84 Å². The van der Waals surface area contributed by atoms with Gasteiger partial charge in [-0.15, -0.1) is 0 Å². The molecule has 3 nitrogen and oxygen atoms in total. The molecule has 0 rings (SSSR count). The number of oxime groups is 1. The molecule has 0 aliphatic rings. The summed E-state index contributed by atoms with van der Waals surface area (Å²) in [5.74, 6) is 0. The maximum atomic E-state index is 4.96. The number of hydrogen-bond donors (Lipinski definition) is 0. The van der Waals surface area contributed by atoms with E-state index in [9.17, 15) is 0 Å². The third-order valence-electron chi connectivity index (χ3n) is 1.71. The first-order valence-electron chi connectivity index (χ1n) is 5.53. The van der Waals surface area contributed by atoms with Crippen molar-refractivity contribution in [3.63, 3.8) is 0 Å². The van der Waals surface area contributed by atoms with Gasteiger partial charge in [0, 0.05) is 6.21 Å². The second kappa shape index (κ2) is 12.1. The molecule has 0 heterocycles. The van der Waals surface area contributed by atoms with E-state index in [1.54, 1.807) is 6.21 Å². The predicted octanol–water partition coefficient (Wildman–Crippen LogP) is 3.05. The minimum Gasteiger partial charge on any atom is -0.394 e. The van der Waals surface area contributed by atoms with Crippen molar-refractivity contribution in [1.82, 2.24) is 0 Å². The Labute approximate surface area is 87.2 Å². The highest BCUT2D eigenvalue weighted by Crippen LogP contribution is 1.95. The standard InChI is InChI=1S/C11H22N2O/c1-3-5-6-7-9-12-10-11-14-13-8-4-2/h8-9H,3-7,10-11H2,1-2H3/b12-9?,13-8-. The zero-order valence-electron chi connectivity index (χ0n) is 9.41. The van der Waals surface area contributed by atoms with Gasteiger partial charge in [-0.2, -0.15) is 0 Å². The summed E-state index contributed by atoms with van der Waals surface area (Å²) in [6.07, 6.45) is 9.56. The monoisotopic (exact) mass is 198 g/mol. The van der Waals surface area contributed by atoms with Gasteiger partial charge in [-0.25, -0.2) is 0 Å². The topological polar surface area (TPSA) is 34.0 Å². The average Bonchev–Trinajstić information content (AvgIpc) is 2.21. The van der Waals surface area contributed by atoms with Crippen LogP contribution >= 0.6 is 0 Å². The zero-order chi connectivity index (χ0) is 10.5. The number of aliphatic imine (C=N–C) groups is 1. The van der Waals surface area contributed by atoms with Crippen LogP contribution in [0.5, 0.6) is 0 Å². The lowest BCUT2D eigenvalue weighted by Gasteiger charge is -1.94. The molecule has 3 heteroatoms. The first-order valence-corrected chi connectivity index (χ1v) is 5.53. The van der Waals surface area contributed by atoms with Crippen molar-refractivity contribution in [2.75, 3.05) is 13.2 Å². The Bertz CT molecular complexity index is 155. The van der Waals surface area contributed by atoms with Crippen LogP contribution in [0.1, 0.15) is 46.0 Å². The highest BCUT2D eigenvalue weighted by molar-refractivity contribution is 5.57. The van der Waals surface area contributed by atoms with Crippen molar-refractivity contribution in [3.8, 4) is 0 Å². The van der Waals surface area contributed by atoms with E-state index >= 15 is 0 Å². The second-order valence-corrected chi connectivity index (χ2v) is 3.11. The first kappa shape index (κ1) is 13.1. The summed E-state index contributed by atoms with van der Waals surface area (Å²) in [7, 11) is 0. The van der Waals surface area contributed by atoms with Gasteiger partial charge in [-0.3, -0.25) is 4.99 Å². The molecule has 0 unspecified atom stereocenters. The molecule has 0 saturated heterocycles. The normalized spacial score (nSPS) is 11.6. The number of unbranched alkanes of at least 4 members (excludes halogenated alkanes) is 3. The van der Waals surface area contributed by atoms with Crippen molar-refractivity contribution in [3.05, 3.63) is 0 Å². The molecule has 0 saturated carbocycles. The molecular formula is C11H22N2O. The summed E-state index contributed by atoms with van der Waals surface area (Å²) < 4.78 is 0. The molecule has 0 bridgehead atoms. The molecule has 0 N–H and O–H groups in total. The molecule has 0 aliphatic carbocycles. The molecule has 0 aromatic heterocycles. The van der Waals surface area contributed by atoms with Gasteiger partial charge in [0.05, 0.1) is 6.54 Å². The lowest BCUT2D eigenvalue weighted by atomic mass is 10.2. The second-order valence-electron chi connectivity index (χ2n) is 3.11. The lowest BCUT2D eigenvalue weighted by molar-refractivity contribution is 0.153. The van der Waals surface area contributed by atoms with Crippen molar-refractivity contribution in [1.29, 1.82) is 0 Å². The maximum absolute atomic E-state index is 4.96. The molecule has 0 atom stereocenters. The Morgan fingerprint density at radius 3 is 2.71 bits per heavy atom. The number of rotatable bonds is 9. The van der Waals surface area contributed by atoms with Crippen LogP contribution < -0.4 is 0 Å². The van der Waals surface area contributed by atoms with Gasteiger partial charge in [0.2, 0.25) is 0 Å². The first-order chi connectivity index (χ1) is 6.91. The van der Waals surface area contributed by atoms with Crippen LogP contribution in [0.15, 0.2) is 10.1 Å². The highest BCUT2D eigenvalue weighted by Gasteiger charge is 1.83. The number of nitrogens with zero attached hydrogens (tertiary/aromatic N) is 2. The van der Waals surface area contributed by atoms with E-state index in [1.807, 2.05) is 13.1 Å². The largest absolute Gasteiger partial charge is 0.394 e. The summed E-state index contributed by atoms with van der Waals surface area (Å²) in [5.41, 5.74) is 0. The molecule has 0 aromatic rings. The van der Waals surface area contributed by atoms with Crippen LogP contribution in [-0.2, 0) is 4.84 Å². The van der Waals surface area contributed by atoms with Crippen LogP contribution in [0.25, 0.3) is 0 Å². The summed E-state index contributed by atoms with van der Waals surface area (Å²) in [6, 6.07) is 0. The van der Waals surface area contributed by atoms with E-state index in [-0.39, 0.29) is 0 Å². The summed E-state index contributed by atoms with van der Waals surface area (Å²) in [5, 5.41) is 3.74. The number of hydrogen-bond acceptors (Lipinski definition) is 3. The molecule has 0 amide bonds. The molecule has 0 spiro atoms. The molecule has 0 aliphatic heterocycles. The fourth-order valence-electron chi connectivity index (χ4n) is 0.942. The van der Waals surface area contributed by atoms with Crippen molar-refractivity contribution in [2.45, 2.75) is 46.0 Å². The zero-order valence-corrected chi connectivity index (χ0v) is 9.41. The van der Waals surface area contributed by atoms with Crippen LogP contribution in [0.4, 0.5) is 0 Å². The fraction of sp³-hybridized carbons (Fsp3) is 0.818. The van der Waals surface area contributed by atoms with Gasteiger partial charge >= 0.3 is 0 Å². The van der Waals surface area contributed by atoms with Gasteiger partial charge in [0.25, 0.3) is 0 Å². The van der Waals surface area contributed by atoms with Crippen LogP contribution in [0.2, 0.25) is 0 Å². The SMILES string of the molecule is CC/C=N\OCCN=CCCCCC. The van der Waals surface area contributed by atoms with E-state index in [0.717, 1.165) is 12.8 Å². The fourth-order valence-corrected chi connectivity index (χ4v) is 0.942. The van der Waals surface area contributed by atoms with Crippen LogP contribution in [0.3, 0.4) is 0 Å². The van der Waals surface area contributed by atoms with Crippen molar-refractivity contribution < 1.29 is 4.84 Å². The van der Waals surface area contributed by atoms with E-state index in [1.165, 1.54) is 19.3 Å². The Morgan fingerprint density at radius 2 is 2.00 bits per heavy atom. The smallest absolute Gasteiger partial charge is 0.136 e. The van der Waals surface area contributed by atoms with Crippen molar-refractivity contribution >= 4 is 12.4 Å². The van der Waals surface area contributed by atoms with E-state index in [0.29, 0.717) is 13.2 Å². The van der Waals surface area contributed by atoms with E-state index in [2.05, 4.69) is 17.1 Å². The van der Waals surface area contributed by atoms with Crippen LogP contribution in [-0.4, -0.2) is 25.6 Å². The van der Waals surface area contributed by atoms with E-state index < -0.39 is 0 Å². The van der Waals surface area contributed by atoms with Gasteiger partial charge in [-0.05, 0) is 25.5 Å². The summed E-state index contributed by atoms with van der Waals surface area (Å²) >= 11 is 0. The van der Waals surface area contributed by atoms with Crippen molar-refractivity contribution in [2.24, 2.45) is 10.1 Å². The van der Waals surface area contributed by atoms with Gasteiger partial charge in [-0.1, -0.05) is 31.8 Å². The quantitative estimate of drug-likeness (QED) is 0.318. The highest BCUT2D eigenvalue weighted by atomic mass is 16.6. The Morgan fingerprint density at radius 1 is 1.14 bits per heavy atom. The molecule has 82 valence electrons. The Hall–Kier alpha value is -0.860. The minimum absolute atomic E-state index is 0.584. The average molecular weight is 198 g/mol. The molecule has 0 fully saturated rings. The summed E-state index contributed by atoms with van der Waals surface area (Å²) in [4.78, 5) is 9.17. The van der Waals surface area contributed by atoms with E-state index in [4.69, 9.17) is 4.84 Å². The third kappa shape index (κ3) is 11.1. The lowest BCUT2D eigenvalue weighted by Crippen LogP contribution is -1.93. The molecule has 0 radical (unpaired) electrons. The molecule has 0 aromatic carbocycles. The van der Waals surface area contributed by atoms with Gasteiger partial charge in [0.1, 0.15) is 6.61 Å². The predicted molar refractivity (Wildman–Crippen MR) is 62.2 cm³/mol. The molecular weight excluding hydrogens is 176 g/mol. The van der Waals surface area contributed by atoms with Gasteiger partial charge in [0.15, 0.2) is 0 Å². The Balaban J connectivity index is 3.07. The summed E-state index contributed by atoms with van der Waals surface area (Å²) in [6.45, 7) is 5.53. The third-order valence-corrected chi connectivity index (χ3v) is 1.71. The Kier molecular flexibility index (Phi) is 11.4. The van der Waals surface area contributed by atoms with Crippen LogP contribution in [0, 0.1) is 0 Å².